The highest BCUT2D eigenvalue weighted by molar-refractivity contribution is 9.10. The summed E-state index contributed by atoms with van der Waals surface area (Å²) in [7, 11) is 0. The average molecular weight is 309 g/mol. The van der Waals surface area contributed by atoms with Crippen molar-refractivity contribution in [3.05, 3.63) is 22.6 Å². The van der Waals surface area contributed by atoms with Crippen molar-refractivity contribution in [1.29, 1.82) is 0 Å². The Balaban J connectivity index is 1.63. The monoisotopic (exact) mass is 308 g/mol. The van der Waals surface area contributed by atoms with Crippen molar-refractivity contribution in [1.82, 2.24) is 0 Å². The summed E-state index contributed by atoms with van der Waals surface area (Å²) in [6.45, 7) is 0. The minimum absolute atomic E-state index is 0.246. The van der Waals surface area contributed by atoms with Crippen LogP contribution in [0.15, 0.2) is 21.2 Å². The topological polar surface area (TPSA) is 30.2 Å². The minimum Gasteiger partial charge on any atom is -0.446 e. The number of furan rings is 1. The lowest BCUT2D eigenvalue weighted by atomic mass is 9.51. The van der Waals surface area contributed by atoms with E-state index in [9.17, 15) is 4.79 Å². The molecule has 0 spiro atoms. The highest BCUT2D eigenvalue weighted by atomic mass is 79.9. The van der Waals surface area contributed by atoms with Gasteiger partial charge in [-0.1, -0.05) is 0 Å². The number of Topliss-reactive ketones (excluding diaryl/α,β-unsaturated/α-hetero) is 1. The second-order valence-electron chi connectivity index (χ2n) is 6.42. The summed E-state index contributed by atoms with van der Waals surface area (Å²) in [5.74, 6) is 4.17. The standard InChI is InChI=1S/C15H17BrO2/c16-13-2-1-12(18-13)15(17)14-10-4-8-3-9(6-10)7-11(14)5-8/h1-2,8-11,14H,3-7H2. The quantitative estimate of drug-likeness (QED) is 0.763. The van der Waals surface area contributed by atoms with E-state index in [1.807, 2.05) is 12.1 Å². The molecule has 4 aliphatic carbocycles. The van der Waals surface area contributed by atoms with Gasteiger partial charge in [0, 0.05) is 5.92 Å². The first kappa shape index (κ1) is 11.3. The van der Waals surface area contributed by atoms with Gasteiger partial charge >= 0.3 is 0 Å². The van der Waals surface area contributed by atoms with Crippen LogP contribution in [0.25, 0.3) is 0 Å². The third kappa shape index (κ3) is 1.63. The fraction of sp³-hybridized carbons (Fsp3) is 0.667. The molecule has 0 N–H and O–H groups in total. The second-order valence-corrected chi connectivity index (χ2v) is 7.21. The lowest BCUT2D eigenvalue weighted by Crippen LogP contribution is -2.47. The van der Waals surface area contributed by atoms with Crippen LogP contribution in [0.1, 0.15) is 42.7 Å². The van der Waals surface area contributed by atoms with Crippen LogP contribution in [0.2, 0.25) is 0 Å². The molecule has 1 aromatic rings. The molecule has 3 heteroatoms. The molecule has 1 heterocycles. The summed E-state index contributed by atoms with van der Waals surface area (Å²) < 4.78 is 6.13. The van der Waals surface area contributed by atoms with Crippen molar-refractivity contribution in [2.45, 2.75) is 32.1 Å². The Morgan fingerprint density at radius 1 is 1.06 bits per heavy atom. The number of hydrogen-bond acceptors (Lipinski definition) is 2. The van der Waals surface area contributed by atoms with Crippen LogP contribution < -0.4 is 0 Å². The molecule has 0 aromatic carbocycles. The van der Waals surface area contributed by atoms with Crippen molar-refractivity contribution in [3.8, 4) is 0 Å². The van der Waals surface area contributed by atoms with Gasteiger partial charge in [-0.2, -0.15) is 0 Å². The predicted molar refractivity (Wildman–Crippen MR) is 71.3 cm³/mol. The summed E-state index contributed by atoms with van der Waals surface area (Å²) in [6, 6.07) is 3.64. The van der Waals surface area contributed by atoms with Gasteiger partial charge in [0.25, 0.3) is 0 Å². The maximum absolute atomic E-state index is 12.6. The zero-order chi connectivity index (χ0) is 12.3. The Hall–Kier alpha value is -0.570. The van der Waals surface area contributed by atoms with E-state index in [-0.39, 0.29) is 11.7 Å². The van der Waals surface area contributed by atoms with Crippen LogP contribution in [0.5, 0.6) is 0 Å². The van der Waals surface area contributed by atoms with Crippen molar-refractivity contribution >= 4 is 21.7 Å². The first-order valence-electron chi connectivity index (χ1n) is 7.00. The van der Waals surface area contributed by atoms with Gasteiger partial charge in [0.2, 0.25) is 5.78 Å². The molecule has 5 rings (SSSR count). The third-order valence-corrected chi connectivity index (χ3v) is 5.77. The number of carbonyl (C=O) groups is 1. The number of halogens is 1. The molecule has 4 fully saturated rings. The lowest BCUT2D eigenvalue weighted by molar-refractivity contribution is -0.0261. The summed E-state index contributed by atoms with van der Waals surface area (Å²) in [5, 5.41) is 0. The summed E-state index contributed by atoms with van der Waals surface area (Å²) in [5.41, 5.74) is 0. The van der Waals surface area contributed by atoms with E-state index in [0.717, 1.165) is 11.8 Å². The molecule has 4 saturated carbocycles. The first-order valence-corrected chi connectivity index (χ1v) is 7.79. The highest BCUT2D eigenvalue weighted by Gasteiger charge is 2.51. The van der Waals surface area contributed by atoms with E-state index in [4.69, 9.17) is 4.42 Å². The fourth-order valence-corrected chi connectivity index (χ4v) is 5.27. The van der Waals surface area contributed by atoms with Gasteiger partial charge < -0.3 is 4.42 Å². The Kier molecular flexibility index (Phi) is 2.48. The molecular weight excluding hydrogens is 292 g/mol. The molecule has 96 valence electrons. The summed E-state index contributed by atoms with van der Waals surface area (Å²) in [4.78, 5) is 12.6. The third-order valence-electron chi connectivity index (χ3n) is 5.35. The van der Waals surface area contributed by atoms with Gasteiger partial charge in [-0.05, 0) is 83.8 Å². The Bertz CT molecular complexity index is 462. The van der Waals surface area contributed by atoms with Gasteiger partial charge in [-0.3, -0.25) is 4.79 Å². The van der Waals surface area contributed by atoms with Crippen molar-refractivity contribution in [3.63, 3.8) is 0 Å². The molecule has 0 amide bonds. The van der Waals surface area contributed by atoms with Gasteiger partial charge in [-0.25, -0.2) is 0 Å². The summed E-state index contributed by atoms with van der Waals surface area (Å²) in [6.07, 6.45) is 6.56. The van der Waals surface area contributed by atoms with Crippen LogP contribution in [-0.2, 0) is 0 Å². The van der Waals surface area contributed by atoms with Crippen LogP contribution >= 0.6 is 15.9 Å². The number of rotatable bonds is 2. The number of ketones is 1. The van der Waals surface area contributed by atoms with E-state index < -0.39 is 0 Å². The smallest absolute Gasteiger partial charge is 0.201 e. The zero-order valence-electron chi connectivity index (χ0n) is 10.3. The Labute approximate surface area is 115 Å². The normalized spacial score (nSPS) is 41.3. The molecule has 4 aliphatic rings. The van der Waals surface area contributed by atoms with Crippen molar-refractivity contribution < 1.29 is 9.21 Å². The minimum atomic E-state index is 0.246. The Morgan fingerprint density at radius 3 is 2.17 bits per heavy atom. The van der Waals surface area contributed by atoms with Crippen LogP contribution in [-0.4, -0.2) is 5.78 Å². The molecule has 18 heavy (non-hydrogen) atoms. The van der Waals surface area contributed by atoms with E-state index in [1.165, 1.54) is 32.1 Å². The van der Waals surface area contributed by atoms with Crippen LogP contribution in [0.4, 0.5) is 0 Å². The Morgan fingerprint density at radius 2 is 1.67 bits per heavy atom. The van der Waals surface area contributed by atoms with Crippen LogP contribution in [0.3, 0.4) is 0 Å². The van der Waals surface area contributed by atoms with Gasteiger partial charge in [-0.15, -0.1) is 0 Å². The molecule has 0 unspecified atom stereocenters. The zero-order valence-corrected chi connectivity index (χ0v) is 11.9. The average Bonchev–Trinajstić information content (AvgIpc) is 2.74. The van der Waals surface area contributed by atoms with Crippen LogP contribution in [0, 0.1) is 29.6 Å². The number of carbonyl (C=O) groups excluding carboxylic acids is 1. The fourth-order valence-electron chi connectivity index (χ4n) is 4.96. The maximum atomic E-state index is 12.6. The largest absolute Gasteiger partial charge is 0.446 e. The van der Waals surface area contributed by atoms with Gasteiger partial charge in [0.15, 0.2) is 10.4 Å². The van der Waals surface area contributed by atoms with Crippen molar-refractivity contribution in [2.24, 2.45) is 29.6 Å². The molecule has 0 radical (unpaired) electrons. The van der Waals surface area contributed by atoms with E-state index in [2.05, 4.69) is 15.9 Å². The second kappa shape index (κ2) is 3.96. The van der Waals surface area contributed by atoms with Crippen molar-refractivity contribution in [2.75, 3.05) is 0 Å². The number of hydrogen-bond donors (Lipinski definition) is 0. The molecule has 4 bridgehead atoms. The maximum Gasteiger partial charge on any atom is 0.201 e. The molecule has 0 atom stereocenters. The predicted octanol–water partition coefficient (Wildman–Crippen LogP) is 4.30. The van der Waals surface area contributed by atoms with Gasteiger partial charge in [0.05, 0.1) is 0 Å². The highest BCUT2D eigenvalue weighted by Crippen LogP contribution is 2.57. The first-order chi connectivity index (χ1) is 8.70. The van der Waals surface area contributed by atoms with E-state index in [0.29, 0.717) is 22.3 Å². The lowest BCUT2D eigenvalue weighted by Gasteiger charge is -2.53. The summed E-state index contributed by atoms with van der Waals surface area (Å²) >= 11 is 3.28. The molecular formula is C15H17BrO2. The molecule has 0 saturated heterocycles. The molecule has 1 aromatic heterocycles. The van der Waals surface area contributed by atoms with E-state index >= 15 is 0 Å². The molecule has 2 nitrogen and oxygen atoms in total. The van der Waals surface area contributed by atoms with E-state index in [1.54, 1.807) is 0 Å². The SMILES string of the molecule is O=C(c1ccc(Br)o1)C1C2CC3CC(C2)CC1C3. The molecule has 0 aliphatic heterocycles. The van der Waals surface area contributed by atoms with Gasteiger partial charge in [0.1, 0.15) is 0 Å².